The molecule has 112 valence electrons. The molecule has 0 aromatic carbocycles. The van der Waals surface area contributed by atoms with Gasteiger partial charge in [0, 0.05) is 17.7 Å². The largest absolute Gasteiger partial charge is 0.263 e. The summed E-state index contributed by atoms with van der Waals surface area (Å²) in [5, 5.41) is 1.88. The van der Waals surface area contributed by atoms with Crippen molar-refractivity contribution in [2.75, 3.05) is 5.33 Å². The minimum absolute atomic E-state index is 0.368. The molecular formula is C17H25BrClN. The van der Waals surface area contributed by atoms with Crippen molar-refractivity contribution < 1.29 is 0 Å². The van der Waals surface area contributed by atoms with Crippen LogP contribution in [0.15, 0.2) is 18.5 Å². The molecule has 1 fully saturated rings. The van der Waals surface area contributed by atoms with E-state index in [-0.39, 0.29) is 0 Å². The molecule has 0 saturated heterocycles. The Morgan fingerprint density at radius 1 is 1.35 bits per heavy atom. The highest BCUT2D eigenvalue weighted by molar-refractivity contribution is 9.09. The predicted molar refractivity (Wildman–Crippen MR) is 90.6 cm³/mol. The Labute approximate surface area is 136 Å². The quantitative estimate of drug-likeness (QED) is 0.613. The highest BCUT2D eigenvalue weighted by atomic mass is 79.9. The summed E-state index contributed by atoms with van der Waals surface area (Å²) in [5.74, 6) is 0.850. The second-order valence-electron chi connectivity index (χ2n) is 7.42. The minimum Gasteiger partial charge on any atom is -0.263 e. The smallest absolute Gasteiger partial charge is 0.0621 e. The Hall–Kier alpha value is -0.0800. The van der Waals surface area contributed by atoms with E-state index < -0.39 is 0 Å². The monoisotopic (exact) mass is 357 g/mol. The van der Waals surface area contributed by atoms with Crippen LogP contribution in [0.2, 0.25) is 5.02 Å². The number of pyridine rings is 1. The van der Waals surface area contributed by atoms with Gasteiger partial charge >= 0.3 is 0 Å². The van der Waals surface area contributed by atoms with Crippen LogP contribution in [0.25, 0.3) is 0 Å². The minimum atomic E-state index is 0.368. The van der Waals surface area contributed by atoms with E-state index in [0.717, 1.165) is 22.7 Å². The SMILES string of the molecule is CC(C)(C)C1CCC(CBr)(Cc2ccncc2Cl)CC1. The van der Waals surface area contributed by atoms with Crippen LogP contribution >= 0.6 is 27.5 Å². The van der Waals surface area contributed by atoms with Crippen LogP contribution in [0.4, 0.5) is 0 Å². The summed E-state index contributed by atoms with van der Waals surface area (Å²) in [6.07, 6.45) is 9.92. The first-order valence-electron chi connectivity index (χ1n) is 7.51. The fourth-order valence-electron chi connectivity index (χ4n) is 3.41. The number of alkyl halides is 1. The summed E-state index contributed by atoms with van der Waals surface area (Å²) in [6.45, 7) is 7.12. The maximum Gasteiger partial charge on any atom is 0.0621 e. The fraction of sp³-hybridized carbons (Fsp3) is 0.706. The van der Waals surface area contributed by atoms with Gasteiger partial charge in [-0.2, -0.15) is 0 Å². The van der Waals surface area contributed by atoms with E-state index in [2.05, 4.69) is 47.8 Å². The molecule has 1 saturated carbocycles. The van der Waals surface area contributed by atoms with Crippen molar-refractivity contribution in [3.8, 4) is 0 Å². The molecule has 1 heterocycles. The van der Waals surface area contributed by atoms with E-state index in [4.69, 9.17) is 11.6 Å². The molecule has 1 aliphatic carbocycles. The van der Waals surface area contributed by atoms with Crippen LogP contribution in [-0.4, -0.2) is 10.3 Å². The second-order valence-corrected chi connectivity index (χ2v) is 8.39. The average molecular weight is 359 g/mol. The highest BCUT2D eigenvalue weighted by Gasteiger charge is 2.38. The Balaban J connectivity index is 2.08. The standard InChI is InChI=1S/C17H25BrClN/c1-16(2,3)14-4-7-17(12-18,8-5-14)10-13-6-9-20-11-15(13)19/h6,9,11,14H,4-5,7-8,10,12H2,1-3H3. The zero-order chi connectivity index (χ0) is 14.8. The molecule has 0 radical (unpaired) electrons. The molecule has 0 aliphatic heterocycles. The number of rotatable bonds is 3. The third-order valence-corrected chi connectivity index (χ3v) is 6.51. The molecule has 1 aromatic heterocycles. The molecule has 1 aromatic rings. The average Bonchev–Trinajstić information content (AvgIpc) is 2.41. The number of hydrogen-bond donors (Lipinski definition) is 0. The first-order valence-corrected chi connectivity index (χ1v) is 9.01. The molecule has 0 bridgehead atoms. The third-order valence-electron chi connectivity index (χ3n) is 4.98. The fourth-order valence-corrected chi connectivity index (χ4v) is 4.35. The number of aromatic nitrogens is 1. The zero-order valence-electron chi connectivity index (χ0n) is 12.8. The molecule has 0 N–H and O–H groups in total. The summed E-state index contributed by atoms with van der Waals surface area (Å²) in [7, 11) is 0. The lowest BCUT2D eigenvalue weighted by atomic mass is 9.63. The first kappa shape index (κ1) is 16.3. The molecule has 1 aliphatic rings. The van der Waals surface area contributed by atoms with Crippen LogP contribution < -0.4 is 0 Å². The van der Waals surface area contributed by atoms with E-state index in [9.17, 15) is 0 Å². The van der Waals surface area contributed by atoms with E-state index in [1.165, 1.54) is 31.2 Å². The Morgan fingerprint density at radius 3 is 2.50 bits per heavy atom. The van der Waals surface area contributed by atoms with Crippen molar-refractivity contribution in [1.82, 2.24) is 4.98 Å². The summed E-state index contributed by atoms with van der Waals surface area (Å²) >= 11 is 10.0. The molecule has 2 rings (SSSR count). The van der Waals surface area contributed by atoms with Crippen molar-refractivity contribution in [3.05, 3.63) is 29.0 Å². The molecule has 0 unspecified atom stereocenters. The third kappa shape index (κ3) is 3.76. The molecule has 0 amide bonds. The summed E-state index contributed by atoms with van der Waals surface area (Å²) in [6, 6.07) is 2.07. The highest BCUT2D eigenvalue weighted by Crippen LogP contribution is 2.48. The van der Waals surface area contributed by atoms with Gasteiger partial charge in [0.15, 0.2) is 0 Å². The molecule has 3 heteroatoms. The van der Waals surface area contributed by atoms with Crippen molar-refractivity contribution in [2.24, 2.45) is 16.7 Å². The van der Waals surface area contributed by atoms with Crippen molar-refractivity contribution in [2.45, 2.75) is 52.9 Å². The van der Waals surface area contributed by atoms with E-state index >= 15 is 0 Å². The molecular weight excluding hydrogens is 334 g/mol. The van der Waals surface area contributed by atoms with Gasteiger partial charge in [-0.05, 0) is 60.5 Å². The van der Waals surface area contributed by atoms with Gasteiger partial charge in [0.2, 0.25) is 0 Å². The van der Waals surface area contributed by atoms with Gasteiger partial charge in [0.05, 0.1) is 5.02 Å². The van der Waals surface area contributed by atoms with E-state index in [1.54, 1.807) is 6.20 Å². The van der Waals surface area contributed by atoms with Gasteiger partial charge in [-0.3, -0.25) is 4.98 Å². The van der Waals surface area contributed by atoms with Gasteiger partial charge in [0.1, 0.15) is 0 Å². The Bertz CT molecular complexity index is 445. The van der Waals surface area contributed by atoms with Crippen LogP contribution in [0.5, 0.6) is 0 Å². The molecule has 20 heavy (non-hydrogen) atoms. The van der Waals surface area contributed by atoms with Crippen LogP contribution in [0, 0.1) is 16.7 Å². The van der Waals surface area contributed by atoms with Crippen LogP contribution in [-0.2, 0) is 6.42 Å². The van der Waals surface area contributed by atoms with Crippen molar-refractivity contribution in [1.29, 1.82) is 0 Å². The van der Waals surface area contributed by atoms with Crippen molar-refractivity contribution in [3.63, 3.8) is 0 Å². The van der Waals surface area contributed by atoms with E-state index in [0.29, 0.717) is 10.8 Å². The number of nitrogens with zero attached hydrogens (tertiary/aromatic N) is 1. The second kappa shape index (κ2) is 6.36. The predicted octanol–water partition coefficient (Wildman–Crippen LogP) is 5.90. The Kier molecular flexibility index (Phi) is 5.18. The summed E-state index contributed by atoms with van der Waals surface area (Å²) in [4.78, 5) is 4.09. The van der Waals surface area contributed by atoms with Crippen molar-refractivity contribution >= 4 is 27.5 Å². The summed E-state index contributed by atoms with van der Waals surface area (Å²) in [5.41, 5.74) is 2.05. The molecule has 0 atom stereocenters. The maximum absolute atomic E-state index is 6.29. The van der Waals surface area contributed by atoms with Gasteiger partial charge in [0.25, 0.3) is 0 Å². The Morgan fingerprint density at radius 2 is 2.00 bits per heavy atom. The maximum atomic E-state index is 6.29. The van der Waals surface area contributed by atoms with Crippen LogP contribution in [0.1, 0.15) is 52.0 Å². The topological polar surface area (TPSA) is 12.9 Å². The van der Waals surface area contributed by atoms with Gasteiger partial charge in [-0.15, -0.1) is 0 Å². The van der Waals surface area contributed by atoms with Gasteiger partial charge in [-0.25, -0.2) is 0 Å². The normalized spacial score (nSPS) is 27.6. The first-order chi connectivity index (χ1) is 9.36. The number of hydrogen-bond acceptors (Lipinski definition) is 1. The van der Waals surface area contributed by atoms with E-state index in [1.807, 2.05) is 6.20 Å². The lowest BCUT2D eigenvalue weighted by Crippen LogP contribution is -2.35. The van der Waals surface area contributed by atoms with Gasteiger partial charge in [-0.1, -0.05) is 48.3 Å². The van der Waals surface area contributed by atoms with Crippen LogP contribution in [0.3, 0.4) is 0 Å². The lowest BCUT2D eigenvalue weighted by molar-refractivity contribution is 0.103. The molecule has 1 nitrogen and oxygen atoms in total. The lowest BCUT2D eigenvalue weighted by Gasteiger charge is -2.43. The van der Waals surface area contributed by atoms with Gasteiger partial charge < -0.3 is 0 Å². The molecule has 0 spiro atoms. The summed E-state index contributed by atoms with van der Waals surface area (Å²) < 4.78 is 0. The number of halogens is 2. The zero-order valence-corrected chi connectivity index (χ0v) is 15.1.